The van der Waals surface area contributed by atoms with Crippen LogP contribution in [0.25, 0.3) is 0 Å². The van der Waals surface area contributed by atoms with E-state index < -0.39 is 0 Å². The summed E-state index contributed by atoms with van der Waals surface area (Å²) in [7, 11) is 0. The molecule has 0 spiro atoms. The van der Waals surface area contributed by atoms with Crippen LogP contribution in [0.4, 0.5) is 0 Å². The van der Waals surface area contributed by atoms with E-state index in [1.165, 1.54) is 89.8 Å². The van der Waals surface area contributed by atoms with Crippen LogP contribution in [0.1, 0.15) is 64.4 Å². The van der Waals surface area contributed by atoms with Crippen LogP contribution < -0.4 is 15.2 Å². The summed E-state index contributed by atoms with van der Waals surface area (Å²) in [6.07, 6.45) is 10.8. The smallest absolute Gasteiger partial charge is 0.204 e. The highest BCUT2D eigenvalue weighted by molar-refractivity contribution is 5.43. The van der Waals surface area contributed by atoms with E-state index in [9.17, 15) is 0 Å². The molecule has 200 valence electrons. The van der Waals surface area contributed by atoms with Crippen molar-refractivity contribution in [2.45, 2.75) is 65.2 Å². The molecule has 2 N–H and O–H groups in total. The van der Waals surface area contributed by atoms with Crippen molar-refractivity contribution in [2.75, 3.05) is 65.7 Å². The first-order valence-electron chi connectivity index (χ1n) is 13.8. The van der Waals surface area contributed by atoms with Gasteiger partial charge in [-0.15, -0.1) is 0 Å². The highest BCUT2D eigenvalue weighted by atomic mass is 16.6. The van der Waals surface area contributed by atoms with E-state index in [-0.39, 0.29) is 6.41 Å². The number of benzene rings is 1. The molecule has 3 fully saturated rings. The van der Waals surface area contributed by atoms with Gasteiger partial charge in [-0.2, -0.15) is 0 Å². The molecule has 35 heavy (non-hydrogen) atoms. The summed E-state index contributed by atoms with van der Waals surface area (Å²) in [5.74, 6) is 2.74. The number of amides is 1. The van der Waals surface area contributed by atoms with E-state index >= 15 is 0 Å². The van der Waals surface area contributed by atoms with Crippen molar-refractivity contribution in [1.82, 2.24) is 9.80 Å². The van der Waals surface area contributed by atoms with Gasteiger partial charge in [-0.1, -0.05) is 19.9 Å². The summed E-state index contributed by atoms with van der Waals surface area (Å²) < 4.78 is 16.5. The molecule has 4 aliphatic rings. The van der Waals surface area contributed by atoms with Crippen LogP contribution in [0.3, 0.4) is 0 Å². The van der Waals surface area contributed by atoms with Gasteiger partial charge in [0.25, 0.3) is 0 Å². The molecular formula is C28H49N3O4. The monoisotopic (exact) mass is 491 g/mol. The quantitative estimate of drug-likeness (QED) is 0.603. The third-order valence-electron chi connectivity index (χ3n) is 6.80. The number of ether oxygens (including phenoxy) is 3. The Labute approximate surface area is 213 Å². The highest BCUT2D eigenvalue weighted by Crippen LogP contribution is 2.31. The fraction of sp³-hybridized carbons (Fsp3) is 0.750. The molecule has 1 aromatic carbocycles. The molecule has 7 nitrogen and oxygen atoms in total. The molecular weight excluding hydrogens is 442 g/mol. The van der Waals surface area contributed by atoms with Gasteiger partial charge in [0, 0.05) is 19.8 Å². The summed E-state index contributed by atoms with van der Waals surface area (Å²) in [5, 5.41) is 0. The standard InChI is InChI=1S/C15H21NO2.C10H19NO.C2H6.CH3NO/c1-2-8-16(7-1)9-3-4-13-5-6-14-15(12-13)18-11-10-17-14;1-2-6-11(5-1)9-10-3-7-12-8-4-10;1-2;2-1-3/h5-6,12H,1-4,7-11H2;10H,1-9H2;1-2H3;1H,(H2,2,3). The molecule has 0 aromatic heterocycles. The first-order valence-corrected chi connectivity index (χ1v) is 13.8. The highest BCUT2D eigenvalue weighted by Gasteiger charge is 2.19. The van der Waals surface area contributed by atoms with E-state index in [1.54, 1.807) is 0 Å². The minimum absolute atomic E-state index is 0.250. The fourth-order valence-electron chi connectivity index (χ4n) is 5.02. The molecule has 0 atom stereocenters. The number of hydrogen-bond acceptors (Lipinski definition) is 6. The summed E-state index contributed by atoms with van der Waals surface area (Å²) in [6.45, 7) is 15.2. The van der Waals surface area contributed by atoms with Crippen molar-refractivity contribution in [2.24, 2.45) is 11.7 Å². The summed E-state index contributed by atoms with van der Waals surface area (Å²) >= 11 is 0. The Morgan fingerprint density at radius 2 is 1.46 bits per heavy atom. The third-order valence-corrected chi connectivity index (χ3v) is 6.80. The first-order chi connectivity index (χ1) is 17.3. The van der Waals surface area contributed by atoms with E-state index in [4.69, 9.17) is 19.0 Å². The number of aryl methyl sites for hydroxylation is 1. The molecule has 1 aromatic rings. The number of primary amides is 1. The van der Waals surface area contributed by atoms with Crippen molar-refractivity contribution in [3.05, 3.63) is 23.8 Å². The van der Waals surface area contributed by atoms with Gasteiger partial charge in [-0.25, -0.2) is 0 Å². The van der Waals surface area contributed by atoms with Crippen molar-refractivity contribution in [3.63, 3.8) is 0 Å². The minimum Gasteiger partial charge on any atom is -0.486 e. The number of fused-ring (bicyclic) bond motifs is 1. The molecule has 4 aliphatic heterocycles. The molecule has 4 heterocycles. The SMILES string of the molecule is C1CCN(CC2CCOCC2)C1.CC.NC=O.c1cc2c(cc1CCCN1CCCC1)OCCO2. The van der Waals surface area contributed by atoms with Gasteiger partial charge in [-0.3, -0.25) is 4.79 Å². The van der Waals surface area contributed by atoms with Crippen LogP contribution in [0.2, 0.25) is 0 Å². The zero-order valence-corrected chi connectivity index (χ0v) is 22.2. The number of hydrogen-bond donors (Lipinski definition) is 1. The van der Waals surface area contributed by atoms with Gasteiger partial charge in [-0.05, 0) is 108 Å². The second kappa shape index (κ2) is 18.4. The maximum Gasteiger partial charge on any atom is 0.204 e. The maximum atomic E-state index is 8.58. The first kappa shape index (κ1) is 29.4. The zero-order chi connectivity index (χ0) is 25.1. The Morgan fingerprint density at radius 3 is 2.09 bits per heavy atom. The van der Waals surface area contributed by atoms with E-state index in [0.717, 1.165) is 37.1 Å². The summed E-state index contributed by atoms with van der Waals surface area (Å²) in [4.78, 5) is 13.8. The van der Waals surface area contributed by atoms with Crippen LogP contribution in [0.15, 0.2) is 18.2 Å². The molecule has 0 saturated carbocycles. The largest absolute Gasteiger partial charge is 0.486 e. The Kier molecular flexibility index (Phi) is 15.5. The van der Waals surface area contributed by atoms with Crippen LogP contribution >= 0.6 is 0 Å². The Bertz CT molecular complexity index is 670. The predicted octanol–water partition coefficient (Wildman–Crippen LogP) is 4.12. The second-order valence-electron chi connectivity index (χ2n) is 9.33. The average Bonchev–Trinajstić information content (AvgIpc) is 3.62. The van der Waals surface area contributed by atoms with Gasteiger partial charge in [0.15, 0.2) is 11.5 Å². The number of nitrogens with two attached hydrogens (primary N) is 1. The Balaban J connectivity index is 0.000000220. The minimum atomic E-state index is 0.250. The molecule has 7 heteroatoms. The summed E-state index contributed by atoms with van der Waals surface area (Å²) in [6, 6.07) is 6.34. The van der Waals surface area contributed by atoms with Gasteiger partial charge in [0.05, 0.1) is 0 Å². The van der Waals surface area contributed by atoms with Crippen molar-refractivity contribution in [1.29, 1.82) is 0 Å². The molecule has 5 rings (SSSR count). The fourth-order valence-corrected chi connectivity index (χ4v) is 5.02. The zero-order valence-electron chi connectivity index (χ0n) is 22.2. The summed E-state index contributed by atoms with van der Waals surface area (Å²) in [5.41, 5.74) is 5.53. The predicted molar refractivity (Wildman–Crippen MR) is 142 cm³/mol. The average molecular weight is 492 g/mol. The van der Waals surface area contributed by atoms with Crippen LogP contribution in [0.5, 0.6) is 11.5 Å². The van der Waals surface area contributed by atoms with Gasteiger partial charge in [0.2, 0.25) is 6.41 Å². The molecule has 0 aliphatic carbocycles. The van der Waals surface area contributed by atoms with Gasteiger partial charge in [0.1, 0.15) is 13.2 Å². The number of rotatable bonds is 6. The molecule has 0 unspecified atom stereocenters. The lowest BCUT2D eigenvalue weighted by molar-refractivity contribution is -0.106. The maximum absolute atomic E-state index is 8.58. The number of likely N-dealkylation sites (tertiary alicyclic amines) is 2. The lowest BCUT2D eigenvalue weighted by Crippen LogP contribution is -2.30. The van der Waals surface area contributed by atoms with Crippen molar-refractivity contribution in [3.8, 4) is 11.5 Å². The van der Waals surface area contributed by atoms with Crippen molar-refractivity contribution < 1.29 is 19.0 Å². The third kappa shape index (κ3) is 11.6. The molecule has 0 radical (unpaired) electrons. The van der Waals surface area contributed by atoms with Crippen LogP contribution in [0, 0.1) is 5.92 Å². The van der Waals surface area contributed by atoms with E-state index in [2.05, 4.69) is 27.7 Å². The van der Waals surface area contributed by atoms with E-state index in [0.29, 0.717) is 13.2 Å². The van der Waals surface area contributed by atoms with Gasteiger partial charge >= 0.3 is 0 Å². The van der Waals surface area contributed by atoms with Crippen molar-refractivity contribution >= 4 is 6.41 Å². The number of carbonyl (C=O) groups is 1. The lowest BCUT2D eigenvalue weighted by atomic mass is 10.00. The molecule has 0 bridgehead atoms. The second-order valence-corrected chi connectivity index (χ2v) is 9.33. The van der Waals surface area contributed by atoms with Crippen LogP contribution in [-0.4, -0.2) is 81.9 Å². The lowest BCUT2D eigenvalue weighted by Gasteiger charge is -2.26. The van der Waals surface area contributed by atoms with Gasteiger partial charge < -0.3 is 29.7 Å². The van der Waals surface area contributed by atoms with Crippen LogP contribution in [-0.2, 0) is 16.0 Å². The Morgan fingerprint density at radius 1 is 0.886 bits per heavy atom. The number of nitrogens with zero attached hydrogens (tertiary/aromatic N) is 2. The normalized spacial score (nSPS) is 19.9. The Hall–Kier alpha value is -1.83. The molecule has 3 saturated heterocycles. The number of carbonyl (C=O) groups excluding carboxylic acids is 1. The topological polar surface area (TPSA) is 77.3 Å². The van der Waals surface area contributed by atoms with E-state index in [1.807, 2.05) is 19.9 Å². The molecule has 1 amide bonds.